The Kier molecular flexibility index (Phi) is 5.96. The monoisotopic (exact) mass is 406 g/mol. The molecule has 1 aliphatic rings. The van der Waals surface area contributed by atoms with Crippen LogP contribution in [0.2, 0.25) is 0 Å². The van der Waals surface area contributed by atoms with E-state index >= 15 is 0 Å². The van der Waals surface area contributed by atoms with Crippen molar-refractivity contribution in [3.8, 4) is 0 Å². The summed E-state index contributed by atoms with van der Waals surface area (Å²) >= 11 is 0. The summed E-state index contributed by atoms with van der Waals surface area (Å²) in [5.74, 6) is -1.91. The quantitative estimate of drug-likeness (QED) is 0.418. The average Bonchev–Trinajstić information content (AvgIpc) is 2.96. The molecular formula is C24H23FN2O3. The molecule has 0 N–H and O–H groups in total. The topological polar surface area (TPSA) is 57.7 Å². The third-order valence-electron chi connectivity index (χ3n) is 4.86. The van der Waals surface area contributed by atoms with Gasteiger partial charge in [0, 0.05) is 31.9 Å². The number of aryl methyl sites for hydroxylation is 2. The van der Waals surface area contributed by atoms with Crippen molar-refractivity contribution in [2.45, 2.75) is 20.4 Å². The van der Waals surface area contributed by atoms with Crippen molar-refractivity contribution >= 4 is 17.6 Å². The number of hydrogen-bond donors (Lipinski definition) is 0. The first kappa shape index (κ1) is 21.2. The van der Waals surface area contributed by atoms with Gasteiger partial charge in [-0.05, 0) is 49.2 Å². The number of imide groups is 1. The minimum atomic E-state index is -0.525. The molecule has 0 spiro atoms. The zero-order valence-electron chi connectivity index (χ0n) is 17.4. The lowest BCUT2D eigenvalue weighted by molar-refractivity contribution is -0.137. The Balaban J connectivity index is 1.92. The fourth-order valence-corrected chi connectivity index (χ4v) is 3.31. The fourth-order valence-electron chi connectivity index (χ4n) is 3.31. The maximum Gasteiger partial charge on any atom is 0.262 e. The van der Waals surface area contributed by atoms with Crippen LogP contribution in [0.25, 0.3) is 0 Å². The maximum atomic E-state index is 13.2. The molecule has 0 bridgehead atoms. The van der Waals surface area contributed by atoms with E-state index in [4.69, 9.17) is 0 Å². The summed E-state index contributed by atoms with van der Waals surface area (Å²) in [7, 11) is 3.43. The smallest absolute Gasteiger partial charge is 0.262 e. The Bertz CT molecular complexity index is 1080. The molecule has 2 aromatic rings. The van der Waals surface area contributed by atoms with Crippen LogP contribution in [0.15, 0.2) is 65.9 Å². The molecule has 0 atom stereocenters. The third-order valence-corrected chi connectivity index (χ3v) is 4.86. The van der Waals surface area contributed by atoms with E-state index in [1.807, 2.05) is 32.0 Å². The molecule has 5 nitrogen and oxygen atoms in total. The van der Waals surface area contributed by atoms with Crippen molar-refractivity contribution in [3.63, 3.8) is 0 Å². The lowest BCUT2D eigenvalue weighted by Gasteiger charge is -2.18. The molecular weight excluding hydrogens is 383 g/mol. The van der Waals surface area contributed by atoms with Gasteiger partial charge >= 0.3 is 0 Å². The van der Waals surface area contributed by atoms with Gasteiger partial charge in [-0.2, -0.15) is 0 Å². The Morgan fingerprint density at radius 3 is 2.33 bits per heavy atom. The largest absolute Gasteiger partial charge is 0.383 e. The van der Waals surface area contributed by atoms with Gasteiger partial charge in [0.15, 0.2) is 5.78 Å². The van der Waals surface area contributed by atoms with E-state index in [0.29, 0.717) is 0 Å². The van der Waals surface area contributed by atoms with E-state index in [0.717, 1.165) is 21.6 Å². The van der Waals surface area contributed by atoms with E-state index < -0.39 is 23.4 Å². The predicted molar refractivity (Wildman–Crippen MR) is 112 cm³/mol. The van der Waals surface area contributed by atoms with Crippen molar-refractivity contribution < 1.29 is 18.8 Å². The van der Waals surface area contributed by atoms with Crippen molar-refractivity contribution in [1.82, 2.24) is 9.80 Å². The van der Waals surface area contributed by atoms with E-state index in [2.05, 4.69) is 0 Å². The van der Waals surface area contributed by atoms with Gasteiger partial charge in [0.25, 0.3) is 11.8 Å². The molecule has 0 saturated carbocycles. The molecule has 1 aliphatic heterocycles. The molecule has 30 heavy (non-hydrogen) atoms. The Labute approximate surface area is 175 Å². The summed E-state index contributed by atoms with van der Waals surface area (Å²) in [6, 6.07) is 10.9. The van der Waals surface area contributed by atoms with Crippen LogP contribution in [0.4, 0.5) is 4.39 Å². The lowest BCUT2D eigenvalue weighted by atomic mass is 9.97. The van der Waals surface area contributed by atoms with Crippen molar-refractivity contribution in [1.29, 1.82) is 0 Å². The highest BCUT2D eigenvalue weighted by atomic mass is 19.1. The molecule has 0 aliphatic carbocycles. The summed E-state index contributed by atoms with van der Waals surface area (Å²) in [4.78, 5) is 41.5. The molecule has 2 aromatic carbocycles. The van der Waals surface area contributed by atoms with Crippen molar-refractivity contribution in [2.75, 3.05) is 14.1 Å². The zero-order chi connectivity index (χ0) is 22.0. The van der Waals surface area contributed by atoms with Crippen molar-refractivity contribution in [2.24, 2.45) is 0 Å². The van der Waals surface area contributed by atoms with Crippen LogP contribution < -0.4 is 0 Å². The third kappa shape index (κ3) is 4.38. The van der Waals surface area contributed by atoms with E-state index in [9.17, 15) is 18.8 Å². The van der Waals surface area contributed by atoms with Gasteiger partial charge in [-0.3, -0.25) is 19.3 Å². The van der Waals surface area contributed by atoms with Crippen LogP contribution in [0.1, 0.15) is 27.0 Å². The van der Waals surface area contributed by atoms with Gasteiger partial charge in [0.1, 0.15) is 5.82 Å². The second-order valence-corrected chi connectivity index (χ2v) is 7.56. The molecule has 3 rings (SSSR count). The van der Waals surface area contributed by atoms with Crippen LogP contribution >= 0.6 is 0 Å². The molecule has 0 radical (unpaired) electrons. The lowest BCUT2D eigenvalue weighted by Crippen LogP contribution is -2.31. The SMILES string of the molecule is Cc1ccc(CN2C(=O)C=C(/C(=C\N(C)C)C(=O)c3ccc(F)cc3)C2=O)c(C)c1. The van der Waals surface area contributed by atoms with Gasteiger partial charge in [0.05, 0.1) is 17.7 Å². The van der Waals surface area contributed by atoms with Gasteiger partial charge < -0.3 is 4.90 Å². The summed E-state index contributed by atoms with van der Waals surface area (Å²) in [5, 5.41) is 0. The number of halogens is 1. The Hall–Kier alpha value is -3.54. The second kappa shape index (κ2) is 8.45. The van der Waals surface area contributed by atoms with Crippen molar-refractivity contribution in [3.05, 3.63) is 94.0 Å². The van der Waals surface area contributed by atoms with Gasteiger partial charge in [-0.25, -0.2) is 4.39 Å². The number of carbonyl (C=O) groups excluding carboxylic acids is 3. The number of nitrogens with zero attached hydrogens (tertiary/aromatic N) is 2. The molecule has 2 amide bonds. The average molecular weight is 406 g/mol. The minimum absolute atomic E-state index is 0.0350. The Morgan fingerprint density at radius 1 is 1.07 bits per heavy atom. The first-order chi connectivity index (χ1) is 14.2. The highest BCUT2D eigenvalue weighted by molar-refractivity contribution is 6.25. The number of Topliss-reactive ketones (excluding diaryl/α,β-unsaturated/α-hetero) is 1. The summed E-state index contributed by atoms with van der Waals surface area (Å²) in [5.41, 5.74) is 3.30. The fraction of sp³-hybridized carbons (Fsp3) is 0.208. The van der Waals surface area contributed by atoms with Gasteiger partial charge in [0.2, 0.25) is 0 Å². The summed E-state index contributed by atoms with van der Waals surface area (Å²) in [6.07, 6.45) is 2.70. The number of amides is 2. The molecule has 0 saturated heterocycles. The first-order valence-corrected chi connectivity index (χ1v) is 9.50. The Morgan fingerprint density at radius 2 is 1.73 bits per heavy atom. The predicted octanol–water partition coefficient (Wildman–Crippen LogP) is 3.57. The minimum Gasteiger partial charge on any atom is -0.383 e. The molecule has 6 heteroatoms. The number of ketones is 1. The van der Waals surface area contributed by atoms with Gasteiger partial charge in [-0.15, -0.1) is 0 Å². The standard InChI is InChI=1S/C24H23FN2O3/c1-15-5-6-18(16(2)11-15)13-27-22(28)12-20(24(27)30)21(14-26(3)4)23(29)17-7-9-19(25)10-8-17/h5-12,14H,13H2,1-4H3/b21-14+. The molecule has 0 unspecified atom stereocenters. The van der Waals surface area contributed by atoms with Gasteiger partial charge in [-0.1, -0.05) is 23.8 Å². The highest BCUT2D eigenvalue weighted by Gasteiger charge is 2.35. The number of rotatable bonds is 6. The van der Waals surface area contributed by atoms with Crippen LogP contribution in [-0.2, 0) is 16.1 Å². The van der Waals surface area contributed by atoms with E-state index in [-0.39, 0.29) is 23.3 Å². The molecule has 0 fully saturated rings. The highest BCUT2D eigenvalue weighted by Crippen LogP contribution is 2.26. The molecule has 1 heterocycles. The zero-order valence-corrected chi connectivity index (χ0v) is 17.4. The maximum absolute atomic E-state index is 13.2. The van der Waals surface area contributed by atoms with Crippen LogP contribution in [-0.4, -0.2) is 41.5 Å². The normalized spacial score (nSPS) is 14.2. The van der Waals surface area contributed by atoms with Crippen LogP contribution in [0.3, 0.4) is 0 Å². The van der Waals surface area contributed by atoms with Crippen LogP contribution in [0.5, 0.6) is 0 Å². The molecule has 154 valence electrons. The summed E-state index contributed by atoms with van der Waals surface area (Å²) < 4.78 is 13.2. The number of benzene rings is 2. The van der Waals surface area contributed by atoms with E-state index in [1.54, 1.807) is 19.0 Å². The molecule has 0 aromatic heterocycles. The first-order valence-electron chi connectivity index (χ1n) is 9.50. The van der Waals surface area contributed by atoms with E-state index in [1.165, 1.54) is 36.5 Å². The second-order valence-electron chi connectivity index (χ2n) is 7.56. The summed E-state index contributed by atoms with van der Waals surface area (Å²) in [6.45, 7) is 4.03. The number of hydrogen-bond acceptors (Lipinski definition) is 4. The van der Waals surface area contributed by atoms with Crippen LogP contribution in [0, 0.1) is 19.7 Å². The number of carbonyl (C=O) groups is 3.